The molecule has 21 heavy (non-hydrogen) atoms. The lowest BCUT2D eigenvalue weighted by Crippen LogP contribution is -2.62. The molecular weight excluding hydrogens is 280 g/mol. The molecule has 0 saturated carbocycles. The molecule has 0 aliphatic carbocycles. The first-order valence-electron chi connectivity index (χ1n) is 6.70. The Kier molecular flexibility index (Phi) is 5.94. The molecule has 1 fully saturated rings. The summed E-state index contributed by atoms with van der Waals surface area (Å²) >= 11 is 0. The summed E-state index contributed by atoms with van der Waals surface area (Å²) in [5.74, 6) is -2.33. The van der Waals surface area contributed by atoms with Crippen LogP contribution in [0.1, 0.15) is 19.8 Å². The first-order chi connectivity index (χ1) is 9.86. The standard InChI is InChI=1S/C12H20N4O5/c1-2-3-4-15(6-9(13)17)12(21)16-7-10(18)14-5-8(16)11(19)20/h8H,2-7H2,1H3,(H2,13,17)(H,14,18)(H,19,20). The van der Waals surface area contributed by atoms with Crippen LogP contribution >= 0.6 is 0 Å². The van der Waals surface area contributed by atoms with Gasteiger partial charge in [0.25, 0.3) is 0 Å². The number of urea groups is 1. The van der Waals surface area contributed by atoms with E-state index in [1.165, 1.54) is 4.90 Å². The Bertz CT molecular complexity index is 439. The molecule has 1 rings (SSSR count). The van der Waals surface area contributed by atoms with Crippen molar-refractivity contribution in [1.82, 2.24) is 15.1 Å². The number of hydrogen-bond acceptors (Lipinski definition) is 4. The molecule has 4 N–H and O–H groups in total. The maximum Gasteiger partial charge on any atom is 0.328 e. The number of nitrogens with one attached hydrogen (secondary N) is 1. The fourth-order valence-electron chi connectivity index (χ4n) is 2.02. The smallest absolute Gasteiger partial charge is 0.328 e. The third kappa shape index (κ3) is 4.62. The van der Waals surface area contributed by atoms with Gasteiger partial charge in [0.15, 0.2) is 0 Å². The van der Waals surface area contributed by atoms with Crippen LogP contribution < -0.4 is 11.1 Å². The van der Waals surface area contributed by atoms with Crippen LogP contribution in [-0.4, -0.2) is 70.9 Å². The minimum Gasteiger partial charge on any atom is -0.480 e. The molecule has 4 amide bonds. The molecule has 1 heterocycles. The number of hydrogen-bond donors (Lipinski definition) is 3. The Morgan fingerprint density at radius 1 is 1.48 bits per heavy atom. The van der Waals surface area contributed by atoms with E-state index in [1.807, 2.05) is 6.92 Å². The van der Waals surface area contributed by atoms with Crippen LogP contribution in [0.2, 0.25) is 0 Å². The van der Waals surface area contributed by atoms with E-state index in [0.717, 1.165) is 11.3 Å². The van der Waals surface area contributed by atoms with Crippen LogP contribution in [0.25, 0.3) is 0 Å². The first-order valence-corrected chi connectivity index (χ1v) is 6.70. The average Bonchev–Trinajstić information content (AvgIpc) is 2.41. The molecule has 1 aliphatic heterocycles. The highest BCUT2D eigenvalue weighted by Crippen LogP contribution is 2.10. The first kappa shape index (κ1) is 16.7. The molecule has 118 valence electrons. The lowest BCUT2D eigenvalue weighted by molar-refractivity contribution is -0.144. The number of unbranched alkanes of at least 4 members (excludes halogenated alkanes) is 1. The molecule has 0 aromatic rings. The second-order valence-electron chi connectivity index (χ2n) is 4.81. The Morgan fingerprint density at radius 3 is 2.67 bits per heavy atom. The van der Waals surface area contributed by atoms with Gasteiger partial charge in [0.1, 0.15) is 19.1 Å². The lowest BCUT2D eigenvalue weighted by atomic mass is 10.2. The van der Waals surface area contributed by atoms with Gasteiger partial charge in [-0.2, -0.15) is 0 Å². The molecule has 9 nitrogen and oxygen atoms in total. The van der Waals surface area contributed by atoms with Crippen LogP contribution in [0.15, 0.2) is 0 Å². The van der Waals surface area contributed by atoms with Crippen molar-refractivity contribution >= 4 is 23.8 Å². The largest absolute Gasteiger partial charge is 0.480 e. The number of carbonyl (C=O) groups is 4. The number of rotatable bonds is 6. The van der Waals surface area contributed by atoms with Crippen molar-refractivity contribution in [2.24, 2.45) is 5.73 Å². The quantitative estimate of drug-likeness (QED) is 0.553. The number of nitrogens with zero attached hydrogens (tertiary/aromatic N) is 2. The van der Waals surface area contributed by atoms with E-state index < -0.39 is 29.9 Å². The van der Waals surface area contributed by atoms with Gasteiger partial charge >= 0.3 is 12.0 Å². The average molecular weight is 300 g/mol. The second kappa shape index (κ2) is 7.46. The number of carbonyl (C=O) groups excluding carboxylic acids is 3. The normalized spacial score (nSPS) is 18.0. The molecule has 0 bridgehead atoms. The van der Waals surface area contributed by atoms with E-state index >= 15 is 0 Å². The van der Waals surface area contributed by atoms with Crippen molar-refractivity contribution in [2.45, 2.75) is 25.8 Å². The summed E-state index contributed by atoms with van der Waals surface area (Å²) in [6.45, 7) is 1.39. The third-order valence-electron chi connectivity index (χ3n) is 3.11. The van der Waals surface area contributed by atoms with Gasteiger partial charge in [-0.05, 0) is 6.42 Å². The number of nitrogens with two attached hydrogens (primary N) is 1. The van der Waals surface area contributed by atoms with Crippen LogP contribution in [0, 0.1) is 0 Å². The molecule has 0 spiro atoms. The van der Waals surface area contributed by atoms with Gasteiger partial charge in [0.2, 0.25) is 11.8 Å². The minimum atomic E-state index is -1.21. The zero-order valence-corrected chi connectivity index (χ0v) is 11.9. The molecule has 1 atom stereocenters. The SMILES string of the molecule is CCCCN(CC(N)=O)C(=O)N1CC(=O)NCC1C(=O)O. The maximum atomic E-state index is 12.4. The van der Waals surface area contributed by atoms with Crippen molar-refractivity contribution in [3.63, 3.8) is 0 Å². The molecule has 0 aromatic carbocycles. The summed E-state index contributed by atoms with van der Waals surface area (Å²) in [6.07, 6.45) is 1.45. The number of piperazine rings is 1. The zero-order chi connectivity index (χ0) is 16.0. The van der Waals surface area contributed by atoms with Crippen molar-refractivity contribution in [2.75, 3.05) is 26.2 Å². The van der Waals surface area contributed by atoms with E-state index in [2.05, 4.69) is 5.32 Å². The summed E-state index contributed by atoms with van der Waals surface area (Å²) < 4.78 is 0. The van der Waals surface area contributed by atoms with Crippen molar-refractivity contribution < 1.29 is 24.3 Å². The van der Waals surface area contributed by atoms with Crippen LogP contribution in [0.3, 0.4) is 0 Å². The van der Waals surface area contributed by atoms with Gasteiger partial charge in [0, 0.05) is 13.1 Å². The summed E-state index contributed by atoms with van der Waals surface area (Å²) in [5.41, 5.74) is 5.11. The second-order valence-corrected chi connectivity index (χ2v) is 4.81. The fraction of sp³-hybridized carbons (Fsp3) is 0.667. The fourth-order valence-corrected chi connectivity index (χ4v) is 2.02. The highest BCUT2D eigenvalue weighted by Gasteiger charge is 2.37. The van der Waals surface area contributed by atoms with Crippen LogP contribution in [0.4, 0.5) is 4.79 Å². The number of aliphatic carboxylic acids is 1. The number of amides is 4. The summed E-state index contributed by atoms with van der Waals surface area (Å²) in [5, 5.41) is 11.5. The number of carboxylic acids is 1. The lowest BCUT2D eigenvalue weighted by Gasteiger charge is -2.36. The maximum absolute atomic E-state index is 12.4. The minimum absolute atomic E-state index is 0.155. The molecule has 1 saturated heterocycles. The summed E-state index contributed by atoms with van der Waals surface area (Å²) in [7, 11) is 0. The molecular formula is C12H20N4O5. The van der Waals surface area contributed by atoms with Crippen molar-refractivity contribution in [3.05, 3.63) is 0 Å². The van der Waals surface area contributed by atoms with Gasteiger partial charge < -0.3 is 21.1 Å². The van der Waals surface area contributed by atoms with E-state index in [9.17, 15) is 19.2 Å². The predicted molar refractivity (Wildman–Crippen MR) is 72.2 cm³/mol. The van der Waals surface area contributed by atoms with Gasteiger partial charge in [-0.15, -0.1) is 0 Å². The molecule has 1 aliphatic rings. The van der Waals surface area contributed by atoms with Crippen LogP contribution in [0.5, 0.6) is 0 Å². The van der Waals surface area contributed by atoms with E-state index in [1.54, 1.807) is 0 Å². The monoisotopic (exact) mass is 300 g/mol. The number of carboxylic acid groups (broad SMARTS) is 1. The zero-order valence-electron chi connectivity index (χ0n) is 11.9. The molecule has 1 unspecified atom stereocenters. The molecule has 9 heteroatoms. The Balaban J connectivity index is 2.88. The van der Waals surface area contributed by atoms with Gasteiger partial charge in [-0.3, -0.25) is 14.5 Å². The van der Waals surface area contributed by atoms with Gasteiger partial charge in [0.05, 0.1) is 0 Å². The third-order valence-corrected chi connectivity index (χ3v) is 3.11. The molecule has 0 radical (unpaired) electrons. The predicted octanol–water partition coefficient (Wildman–Crippen LogP) is -1.42. The summed E-state index contributed by atoms with van der Waals surface area (Å²) in [4.78, 5) is 48.2. The van der Waals surface area contributed by atoms with Gasteiger partial charge in [-0.25, -0.2) is 9.59 Å². The Morgan fingerprint density at radius 2 is 2.14 bits per heavy atom. The highest BCUT2D eigenvalue weighted by molar-refractivity contribution is 5.91. The van der Waals surface area contributed by atoms with Crippen LogP contribution in [-0.2, 0) is 14.4 Å². The highest BCUT2D eigenvalue weighted by atomic mass is 16.4. The van der Waals surface area contributed by atoms with Crippen molar-refractivity contribution in [1.29, 1.82) is 0 Å². The Labute approximate surface area is 122 Å². The van der Waals surface area contributed by atoms with E-state index in [4.69, 9.17) is 10.8 Å². The molecule has 0 aromatic heterocycles. The summed E-state index contributed by atoms with van der Waals surface area (Å²) in [6, 6.07) is -1.81. The van der Waals surface area contributed by atoms with Crippen molar-refractivity contribution in [3.8, 4) is 0 Å². The van der Waals surface area contributed by atoms with E-state index in [-0.39, 0.29) is 26.2 Å². The Hall–Kier alpha value is -2.32. The van der Waals surface area contributed by atoms with Gasteiger partial charge in [-0.1, -0.05) is 13.3 Å². The van der Waals surface area contributed by atoms with E-state index in [0.29, 0.717) is 6.42 Å². The topological polar surface area (TPSA) is 133 Å². The number of primary amides is 1.